The van der Waals surface area contributed by atoms with E-state index >= 15 is 0 Å². The Morgan fingerprint density at radius 1 is 1.17 bits per heavy atom. The van der Waals surface area contributed by atoms with Crippen LogP contribution >= 0.6 is 11.6 Å². The predicted molar refractivity (Wildman–Crippen MR) is 71.8 cm³/mol. The quantitative estimate of drug-likeness (QED) is 0.891. The molecule has 0 amide bonds. The molecule has 0 aromatic heterocycles. The van der Waals surface area contributed by atoms with Crippen molar-refractivity contribution in [3.05, 3.63) is 22.2 Å². The summed E-state index contributed by atoms with van der Waals surface area (Å²) in [6, 6.07) is 1.79. The fraction of sp³-hybridized carbons (Fsp3) is 0.571. The second kappa shape index (κ2) is 5.37. The van der Waals surface area contributed by atoms with Crippen molar-refractivity contribution in [2.24, 2.45) is 0 Å². The first kappa shape index (κ1) is 13.5. The number of benzene rings is 1. The summed E-state index contributed by atoms with van der Waals surface area (Å²) < 4.78 is 11.5. The van der Waals surface area contributed by atoms with Crippen molar-refractivity contribution >= 4 is 11.6 Å². The van der Waals surface area contributed by atoms with Crippen LogP contribution in [0.15, 0.2) is 6.07 Å². The van der Waals surface area contributed by atoms with Crippen molar-refractivity contribution in [3.63, 3.8) is 0 Å². The van der Waals surface area contributed by atoms with E-state index in [9.17, 15) is 5.11 Å². The summed E-state index contributed by atoms with van der Waals surface area (Å²) in [6.07, 6.45) is 0.268. The molecule has 1 N–H and O–H groups in total. The average Bonchev–Trinajstić information content (AvgIpc) is 2.53. The van der Waals surface area contributed by atoms with Crippen LogP contribution in [0.4, 0.5) is 0 Å². The molecule has 2 rings (SSSR count). The molecule has 1 aliphatic heterocycles. The lowest BCUT2D eigenvalue weighted by molar-refractivity contribution is 0.196. The minimum atomic E-state index is -0.572. The molecule has 3 nitrogen and oxygen atoms in total. The molecule has 1 aliphatic rings. The van der Waals surface area contributed by atoms with Gasteiger partial charge in [0.1, 0.15) is 0 Å². The fourth-order valence-corrected chi connectivity index (χ4v) is 2.53. The van der Waals surface area contributed by atoms with Crippen molar-refractivity contribution in [1.82, 2.24) is 0 Å². The molecule has 1 aromatic rings. The Kier molecular flexibility index (Phi) is 4.03. The normalized spacial score (nSPS) is 16.6. The summed E-state index contributed by atoms with van der Waals surface area (Å²) in [7, 11) is 0. The number of ether oxygens (including phenoxy) is 2. The lowest BCUT2D eigenvalue weighted by Gasteiger charge is -2.21. The zero-order chi connectivity index (χ0) is 13.3. The number of aliphatic hydroxyl groups excluding tert-OH is 1. The number of halogens is 1. The zero-order valence-corrected chi connectivity index (χ0v) is 11.8. The van der Waals surface area contributed by atoms with Gasteiger partial charge in [0.2, 0.25) is 0 Å². The molecule has 18 heavy (non-hydrogen) atoms. The second-order valence-electron chi connectivity index (χ2n) is 4.90. The van der Waals surface area contributed by atoms with Crippen LogP contribution in [0.3, 0.4) is 0 Å². The first-order valence-electron chi connectivity index (χ1n) is 6.32. The topological polar surface area (TPSA) is 38.7 Å². The van der Waals surface area contributed by atoms with Gasteiger partial charge in [-0.15, -0.1) is 0 Å². The van der Waals surface area contributed by atoms with Gasteiger partial charge in [-0.05, 0) is 24.5 Å². The van der Waals surface area contributed by atoms with E-state index in [2.05, 4.69) is 13.8 Å². The van der Waals surface area contributed by atoms with Gasteiger partial charge in [0, 0.05) is 12.0 Å². The molecule has 0 bridgehead atoms. The maximum atomic E-state index is 9.89. The molecular weight excluding hydrogens is 252 g/mol. The van der Waals surface area contributed by atoms with Gasteiger partial charge in [-0.3, -0.25) is 0 Å². The van der Waals surface area contributed by atoms with Crippen LogP contribution in [-0.2, 0) is 0 Å². The molecule has 1 atom stereocenters. The molecule has 4 heteroatoms. The van der Waals surface area contributed by atoms with Crippen LogP contribution in [-0.4, -0.2) is 18.3 Å². The molecule has 1 unspecified atom stereocenters. The van der Waals surface area contributed by atoms with Gasteiger partial charge in [-0.1, -0.05) is 25.4 Å². The first-order chi connectivity index (χ1) is 8.52. The smallest absolute Gasteiger partial charge is 0.180 e. The minimum absolute atomic E-state index is 0.238. The number of aliphatic hydroxyl groups is 1. The van der Waals surface area contributed by atoms with E-state index < -0.39 is 6.10 Å². The van der Waals surface area contributed by atoms with E-state index in [0.29, 0.717) is 29.7 Å². The van der Waals surface area contributed by atoms with E-state index in [-0.39, 0.29) is 5.92 Å². The Morgan fingerprint density at radius 3 is 2.33 bits per heavy atom. The van der Waals surface area contributed by atoms with E-state index in [1.54, 1.807) is 13.0 Å². The zero-order valence-electron chi connectivity index (χ0n) is 11.0. The third-order valence-electron chi connectivity index (χ3n) is 3.07. The Bertz CT molecular complexity index is 441. The largest absolute Gasteiger partial charge is 0.489 e. The molecule has 0 saturated heterocycles. The van der Waals surface area contributed by atoms with E-state index in [1.807, 2.05) is 0 Å². The standard InChI is InChI=1S/C14H19ClO3/c1-8(2)12-10(9(3)16)7-11(15)13-14(12)18-6-4-5-17-13/h7-9,16H,4-6H2,1-3H3. The van der Waals surface area contributed by atoms with Gasteiger partial charge in [0.15, 0.2) is 11.5 Å². The lowest BCUT2D eigenvalue weighted by Crippen LogP contribution is -2.06. The highest BCUT2D eigenvalue weighted by atomic mass is 35.5. The summed E-state index contributed by atoms with van der Waals surface area (Å²) >= 11 is 6.22. The summed E-state index contributed by atoms with van der Waals surface area (Å²) in [5.74, 6) is 1.55. The van der Waals surface area contributed by atoms with Crippen molar-refractivity contribution < 1.29 is 14.6 Å². The van der Waals surface area contributed by atoms with Crippen LogP contribution in [0.1, 0.15) is 50.3 Å². The maximum absolute atomic E-state index is 9.89. The lowest BCUT2D eigenvalue weighted by atomic mass is 9.93. The van der Waals surface area contributed by atoms with Gasteiger partial charge in [0.05, 0.1) is 24.3 Å². The summed E-state index contributed by atoms with van der Waals surface area (Å²) in [5.41, 5.74) is 1.81. The van der Waals surface area contributed by atoms with Crippen molar-refractivity contribution in [2.75, 3.05) is 13.2 Å². The second-order valence-corrected chi connectivity index (χ2v) is 5.31. The number of rotatable bonds is 2. The fourth-order valence-electron chi connectivity index (χ4n) is 2.27. The van der Waals surface area contributed by atoms with Gasteiger partial charge >= 0.3 is 0 Å². The minimum Gasteiger partial charge on any atom is -0.489 e. The van der Waals surface area contributed by atoms with E-state index in [4.69, 9.17) is 21.1 Å². The van der Waals surface area contributed by atoms with Crippen molar-refractivity contribution in [3.8, 4) is 11.5 Å². The highest BCUT2D eigenvalue weighted by molar-refractivity contribution is 6.32. The van der Waals surface area contributed by atoms with E-state index in [0.717, 1.165) is 17.5 Å². The van der Waals surface area contributed by atoms with Gasteiger partial charge in [0.25, 0.3) is 0 Å². The third kappa shape index (κ3) is 2.43. The first-order valence-corrected chi connectivity index (χ1v) is 6.70. The van der Waals surface area contributed by atoms with Crippen LogP contribution < -0.4 is 9.47 Å². The molecule has 1 heterocycles. The molecule has 0 fully saturated rings. The molecule has 0 saturated carbocycles. The van der Waals surface area contributed by atoms with Crippen molar-refractivity contribution in [1.29, 1.82) is 0 Å². The van der Waals surface area contributed by atoms with Gasteiger partial charge in [-0.25, -0.2) is 0 Å². The van der Waals surface area contributed by atoms with Gasteiger partial charge in [-0.2, -0.15) is 0 Å². The summed E-state index contributed by atoms with van der Waals surface area (Å²) in [6.45, 7) is 7.11. The predicted octanol–water partition coefficient (Wildman–Crippen LogP) is 3.68. The molecule has 0 radical (unpaired) electrons. The summed E-state index contributed by atoms with van der Waals surface area (Å²) in [4.78, 5) is 0. The van der Waals surface area contributed by atoms with Crippen LogP contribution in [0.5, 0.6) is 11.5 Å². The monoisotopic (exact) mass is 270 g/mol. The molecule has 100 valence electrons. The molecule has 1 aromatic carbocycles. The van der Waals surface area contributed by atoms with Crippen LogP contribution in [0.2, 0.25) is 5.02 Å². The Labute approximate surface area is 113 Å². The maximum Gasteiger partial charge on any atom is 0.180 e. The Morgan fingerprint density at radius 2 is 1.78 bits per heavy atom. The van der Waals surface area contributed by atoms with Gasteiger partial charge < -0.3 is 14.6 Å². The third-order valence-corrected chi connectivity index (χ3v) is 3.35. The Balaban J connectivity index is 2.65. The molecular formula is C14H19ClO3. The van der Waals surface area contributed by atoms with Crippen LogP contribution in [0, 0.1) is 0 Å². The SMILES string of the molecule is CC(C)c1c(C(C)O)cc(Cl)c2c1OCCCO2. The summed E-state index contributed by atoms with van der Waals surface area (Å²) in [5, 5.41) is 10.4. The molecule has 0 spiro atoms. The van der Waals surface area contributed by atoms with E-state index in [1.165, 1.54) is 0 Å². The van der Waals surface area contributed by atoms with Crippen LogP contribution in [0.25, 0.3) is 0 Å². The van der Waals surface area contributed by atoms with Crippen molar-refractivity contribution in [2.45, 2.75) is 39.2 Å². The Hall–Kier alpha value is -0.930. The average molecular weight is 271 g/mol. The highest BCUT2D eigenvalue weighted by Gasteiger charge is 2.25. The number of fused-ring (bicyclic) bond motifs is 1. The molecule has 0 aliphatic carbocycles. The number of hydrogen-bond acceptors (Lipinski definition) is 3. The number of hydrogen-bond donors (Lipinski definition) is 1. The highest BCUT2D eigenvalue weighted by Crippen LogP contribution is 2.46.